The first-order valence-corrected chi connectivity index (χ1v) is 8.67. The third kappa shape index (κ3) is 2.83. The van der Waals surface area contributed by atoms with Gasteiger partial charge in [-0.25, -0.2) is 4.98 Å². The number of anilines is 1. The molecule has 1 amide bonds. The summed E-state index contributed by atoms with van der Waals surface area (Å²) < 4.78 is 2.16. The topological polar surface area (TPSA) is 38.1 Å². The molecule has 2 heterocycles. The molecule has 1 saturated heterocycles. The van der Waals surface area contributed by atoms with Crippen LogP contribution in [0.3, 0.4) is 0 Å². The van der Waals surface area contributed by atoms with Crippen LogP contribution in [0.25, 0.3) is 11.0 Å². The molecule has 0 bridgehead atoms. The molecular formula is C20H18ClN3O. The van der Waals surface area contributed by atoms with E-state index in [1.807, 2.05) is 53.4 Å². The van der Waals surface area contributed by atoms with Crippen LogP contribution in [0.5, 0.6) is 0 Å². The predicted molar refractivity (Wildman–Crippen MR) is 101 cm³/mol. The molecular weight excluding hydrogens is 334 g/mol. The SMILES string of the molecule is C=CCn1c([C@@H]2CC(=O)N(c3ccc(Cl)cc3)C2)nc2ccccc21. The Morgan fingerprint density at radius 3 is 2.72 bits per heavy atom. The Morgan fingerprint density at radius 1 is 1.20 bits per heavy atom. The summed E-state index contributed by atoms with van der Waals surface area (Å²) in [6.45, 7) is 5.17. The standard InChI is InChI=1S/C20H18ClN3O/c1-2-11-23-18-6-4-3-5-17(18)22-20(23)14-12-19(25)24(13-14)16-9-7-15(21)8-10-16/h2-10,14H,1,11-13H2/t14-/m1/s1. The number of carbonyl (C=O) groups excluding carboxylic acids is 1. The van der Waals surface area contributed by atoms with Crippen LogP contribution in [0.15, 0.2) is 61.2 Å². The third-order valence-electron chi connectivity index (χ3n) is 4.62. The largest absolute Gasteiger partial charge is 0.324 e. The fourth-order valence-electron chi connectivity index (χ4n) is 3.48. The molecule has 0 saturated carbocycles. The highest BCUT2D eigenvalue weighted by atomic mass is 35.5. The molecule has 1 aliphatic rings. The van der Waals surface area contributed by atoms with E-state index < -0.39 is 0 Å². The molecule has 5 heteroatoms. The van der Waals surface area contributed by atoms with Crippen LogP contribution in [0, 0.1) is 0 Å². The first-order valence-electron chi connectivity index (χ1n) is 8.29. The number of fused-ring (bicyclic) bond motifs is 1. The maximum Gasteiger partial charge on any atom is 0.227 e. The van der Waals surface area contributed by atoms with Crippen LogP contribution in [-0.2, 0) is 11.3 Å². The number of hydrogen-bond acceptors (Lipinski definition) is 2. The quantitative estimate of drug-likeness (QED) is 0.653. The van der Waals surface area contributed by atoms with Crippen molar-refractivity contribution in [1.82, 2.24) is 9.55 Å². The second-order valence-electron chi connectivity index (χ2n) is 6.24. The van der Waals surface area contributed by atoms with Crippen molar-refractivity contribution >= 4 is 34.2 Å². The summed E-state index contributed by atoms with van der Waals surface area (Å²) in [5.41, 5.74) is 2.91. The Labute approximate surface area is 151 Å². The molecule has 25 heavy (non-hydrogen) atoms. The molecule has 0 spiro atoms. The van der Waals surface area contributed by atoms with E-state index in [4.69, 9.17) is 16.6 Å². The van der Waals surface area contributed by atoms with Crippen molar-refractivity contribution in [1.29, 1.82) is 0 Å². The molecule has 1 aliphatic heterocycles. The van der Waals surface area contributed by atoms with E-state index in [-0.39, 0.29) is 11.8 Å². The van der Waals surface area contributed by atoms with Crippen LogP contribution in [0.4, 0.5) is 5.69 Å². The van der Waals surface area contributed by atoms with Crippen LogP contribution >= 0.6 is 11.6 Å². The molecule has 0 radical (unpaired) electrons. The molecule has 4 nitrogen and oxygen atoms in total. The highest BCUT2D eigenvalue weighted by molar-refractivity contribution is 6.30. The summed E-state index contributed by atoms with van der Waals surface area (Å²) in [5.74, 6) is 1.13. The van der Waals surface area contributed by atoms with Gasteiger partial charge in [0.2, 0.25) is 5.91 Å². The number of rotatable bonds is 4. The minimum atomic E-state index is 0.0653. The minimum Gasteiger partial charge on any atom is -0.324 e. The molecule has 1 aromatic heterocycles. The molecule has 0 unspecified atom stereocenters. The molecule has 4 rings (SSSR count). The van der Waals surface area contributed by atoms with Crippen LogP contribution in [-0.4, -0.2) is 22.0 Å². The molecule has 1 fully saturated rings. The number of nitrogens with zero attached hydrogens (tertiary/aromatic N) is 3. The van der Waals surface area contributed by atoms with Gasteiger partial charge in [0.15, 0.2) is 0 Å². The van der Waals surface area contributed by atoms with Gasteiger partial charge in [0, 0.05) is 36.1 Å². The van der Waals surface area contributed by atoms with Gasteiger partial charge in [0.25, 0.3) is 0 Å². The van der Waals surface area contributed by atoms with E-state index in [9.17, 15) is 4.79 Å². The van der Waals surface area contributed by atoms with E-state index >= 15 is 0 Å². The number of allylic oxidation sites excluding steroid dienone is 1. The van der Waals surface area contributed by atoms with Gasteiger partial charge in [-0.05, 0) is 36.4 Å². The molecule has 3 aromatic rings. The van der Waals surface area contributed by atoms with Gasteiger partial charge >= 0.3 is 0 Å². The second kappa shape index (κ2) is 6.37. The monoisotopic (exact) mass is 351 g/mol. The van der Waals surface area contributed by atoms with Crippen LogP contribution in [0.2, 0.25) is 5.02 Å². The highest BCUT2D eigenvalue weighted by Gasteiger charge is 2.34. The molecule has 0 N–H and O–H groups in total. The van der Waals surface area contributed by atoms with Crippen LogP contribution in [0.1, 0.15) is 18.2 Å². The van der Waals surface area contributed by atoms with Crippen molar-refractivity contribution in [3.05, 3.63) is 72.0 Å². The Morgan fingerprint density at radius 2 is 1.96 bits per heavy atom. The van der Waals surface area contributed by atoms with Gasteiger partial charge in [-0.15, -0.1) is 6.58 Å². The van der Waals surface area contributed by atoms with E-state index in [1.165, 1.54) is 0 Å². The van der Waals surface area contributed by atoms with Gasteiger partial charge in [0.05, 0.1) is 11.0 Å². The van der Waals surface area contributed by atoms with Gasteiger partial charge < -0.3 is 9.47 Å². The molecule has 2 aromatic carbocycles. The zero-order chi connectivity index (χ0) is 17.4. The lowest BCUT2D eigenvalue weighted by molar-refractivity contribution is -0.117. The average molecular weight is 352 g/mol. The predicted octanol–water partition coefficient (Wildman–Crippen LogP) is 4.40. The Kier molecular flexibility index (Phi) is 4.06. The first-order chi connectivity index (χ1) is 12.2. The number of hydrogen-bond donors (Lipinski definition) is 0. The maximum absolute atomic E-state index is 12.6. The lowest BCUT2D eigenvalue weighted by Crippen LogP contribution is -2.24. The lowest BCUT2D eigenvalue weighted by atomic mass is 10.1. The Balaban J connectivity index is 1.70. The van der Waals surface area contributed by atoms with Crippen molar-refractivity contribution in [2.45, 2.75) is 18.9 Å². The number of benzene rings is 2. The summed E-state index contributed by atoms with van der Waals surface area (Å²) >= 11 is 5.95. The zero-order valence-corrected chi connectivity index (χ0v) is 14.5. The fourth-order valence-corrected chi connectivity index (χ4v) is 3.60. The van der Waals surface area contributed by atoms with Gasteiger partial charge in [-0.2, -0.15) is 0 Å². The minimum absolute atomic E-state index is 0.0653. The van der Waals surface area contributed by atoms with Crippen molar-refractivity contribution in [2.75, 3.05) is 11.4 Å². The number of carbonyl (C=O) groups is 1. The average Bonchev–Trinajstić information content (AvgIpc) is 3.17. The lowest BCUT2D eigenvalue weighted by Gasteiger charge is -2.17. The van der Waals surface area contributed by atoms with Crippen molar-refractivity contribution in [3.63, 3.8) is 0 Å². The Bertz CT molecular complexity index is 945. The number of para-hydroxylation sites is 2. The normalized spacial score (nSPS) is 17.4. The second-order valence-corrected chi connectivity index (χ2v) is 6.68. The van der Waals surface area contributed by atoms with Gasteiger partial charge in [-0.1, -0.05) is 29.8 Å². The summed E-state index contributed by atoms with van der Waals surface area (Å²) in [6, 6.07) is 15.4. The highest BCUT2D eigenvalue weighted by Crippen LogP contribution is 2.33. The van der Waals surface area contributed by atoms with E-state index in [0.717, 1.165) is 22.5 Å². The fraction of sp³-hybridized carbons (Fsp3) is 0.200. The number of imidazole rings is 1. The number of amides is 1. The molecule has 0 aliphatic carbocycles. The summed E-state index contributed by atoms with van der Waals surface area (Å²) in [7, 11) is 0. The van der Waals surface area contributed by atoms with Gasteiger partial charge in [0.1, 0.15) is 5.82 Å². The van der Waals surface area contributed by atoms with Gasteiger partial charge in [-0.3, -0.25) is 4.79 Å². The first kappa shape index (κ1) is 15.9. The van der Waals surface area contributed by atoms with Crippen molar-refractivity contribution in [2.24, 2.45) is 0 Å². The van der Waals surface area contributed by atoms with Crippen molar-refractivity contribution in [3.8, 4) is 0 Å². The summed E-state index contributed by atoms with van der Waals surface area (Å²) in [6.07, 6.45) is 2.33. The smallest absolute Gasteiger partial charge is 0.227 e. The van der Waals surface area contributed by atoms with E-state index in [1.54, 1.807) is 0 Å². The Hall–Kier alpha value is -2.59. The maximum atomic E-state index is 12.6. The molecule has 1 atom stereocenters. The zero-order valence-electron chi connectivity index (χ0n) is 13.7. The van der Waals surface area contributed by atoms with Crippen molar-refractivity contribution < 1.29 is 4.79 Å². The van der Waals surface area contributed by atoms with Crippen LogP contribution < -0.4 is 4.90 Å². The number of aromatic nitrogens is 2. The summed E-state index contributed by atoms with van der Waals surface area (Å²) in [5, 5.41) is 0.666. The van der Waals surface area contributed by atoms with E-state index in [0.29, 0.717) is 24.5 Å². The van der Waals surface area contributed by atoms with E-state index in [2.05, 4.69) is 17.2 Å². The third-order valence-corrected chi connectivity index (χ3v) is 4.88. The number of halogens is 1. The summed E-state index contributed by atoms with van der Waals surface area (Å²) in [4.78, 5) is 19.2. The molecule has 126 valence electrons.